The number of unbranched alkanes of at least 4 members (excludes halogenated alkanes) is 1. The minimum absolute atomic E-state index is 0.00213. The number of aliphatic carboxylic acids is 1. The number of aryl methyl sites for hydroxylation is 1. The van der Waals surface area contributed by atoms with Crippen LogP contribution in [0.15, 0.2) is 34.8 Å². The number of rotatable bonds is 11. The van der Waals surface area contributed by atoms with Crippen molar-refractivity contribution < 1.29 is 19.8 Å². The van der Waals surface area contributed by atoms with Crippen LogP contribution in [0.25, 0.3) is 0 Å². The summed E-state index contributed by atoms with van der Waals surface area (Å²) < 4.78 is 1.03. The Labute approximate surface area is 185 Å². The normalized spacial score (nSPS) is 24.5. The fraction of sp³-hybridized carbons (Fsp3) is 0.500. The summed E-state index contributed by atoms with van der Waals surface area (Å²) in [4.78, 5) is 25.1. The number of ketones is 1. The predicted molar refractivity (Wildman–Crippen MR) is 123 cm³/mol. The van der Waals surface area contributed by atoms with Gasteiger partial charge in [-0.15, -0.1) is 0 Å². The maximum absolute atomic E-state index is 12.4. The Balaban J connectivity index is 1.95. The van der Waals surface area contributed by atoms with Gasteiger partial charge in [0, 0.05) is 0 Å². The van der Waals surface area contributed by atoms with Crippen LogP contribution in [-0.2, 0) is 16.0 Å². The van der Waals surface area contributed by atoms with Gasteiger partial charge in [0.1, 0.15) is 0 Å². The molecule has 1 radical (unpaired) electrons. The van der Waals surface area contributed by atoms with Crippen molar-refractivity contribution in [1.82, 2.24) is 0 Å². The standard InChI is InChI=1S/C22H27BBrO4S/c1-14-20(24)12-17(29-14)11-16(25)8-9-18-15(13-23)10-21(26)19(18)6-4-2-3-5-7-22(27)28/h2,4,8-9,12-13,15,18-19,21,26H,3,5-7,10-11H2,1H3,(H,27,28)/b4-2-,9-8+/t15-,18-,19+,21?/m0/s1. The Morgan fingerprint density at radius 1 is 1.38 bits per heavy atom. The minimum atomic E-state index is -0.786. The molecule has 0 amide bonds. The number of carbonyl (C=O) groups excluding carboxylic acids is 1. The summed E-state index contributed by atoms with van der Waals surface area (Å²) in [5.74, 6) is 0.929. The van der Waals surface area contributed by atoms with Gasteiger partial charge in [-0.2, -0.15) is 0 Å². The van der Waals surface area contributed by atoms with Crippen LogP contribution in [0, 0.1) is 24.7 Å². The van der Waals surface area contributed by atoms with E-state index in [0.717, 1.165) is 14.2 Å². The van der Waals surface area contributed by atoms with Crippen molar-refractivity contribution in [3.63, 3.8) is 0 Å². The Morgan fingerprint density at radius 2 is 2.14 bits per heavy atom. The number of carboxylic acid groups (broad SMARTS) is 1. The van der Waals surface area contributed by atoms with Crippen molar-refractivity contribution in [3.05, 3.63) is 44.6 Å². The van der Waals surface area contributed by atoms with Crippen molar-refractivity contribution in [3.8, 4) is 0 Å². The molecule has 0 spiro atoms. The van der Waals surface area contributed by atoms with E-state index in [4.69, 9.17) is 12.6 Å². The zero-order valence-electron chi connectivity index (χ0n) is 16.6. The first-order valence-electron chi connectivity index (χ1n) is 9.87. The summed E-state index contributed by atoms with van der Waals surface area (Å²) in [6, 6.07) is 1.99. The summed E-state index contributed by atoms with van der Waals surface area (Å²) in [5, 5.41) is 19.1. The van der Waals surface area contributed by atoms with E-state index in [-0.39, 0.29) is 30.0 Å². The van der Waals surface area contributed by atoms with Crippen LogP contribution in [-0.4, -0.2) is 41.5 Å². The third kappa shape index (κ3) is 7.47. The number of carboxylic acids is 1. The molecule has 1 fully saturated rings. The molecule has 155 valence electrons. The maximum atomic E-state index is 12.4. The van der Waals surface area contributed by atoms with Crippen molar-refractivity contribution >= 4 is 52.5 Å². The van der Waals surface area contributed by atoms with Gasteiger partial charge in [0.05, 0.1) is 0 Å². The molecule has 1 aromatic heterocycles. The Bertz CT molecular complexity index is 766. The molecule has 0 aliphatic heterocycles. The van der Waals surface area contributed by atoms with Crippen molar-refractivity contribution in [2.45, 2.75) is 51.6 Å². The fourth-order valence-corrected chi connectivity index (χ4v) is 5.40. The SMILES string of the molecule is [B]=C[C@@H]1CC(O)[C@H](C/C=C\CCCC(=O)O)[C@H]1/C=C/C(=O)Cc1cc(Br)c(C)s1. The fourth-order valence-electron chi connectivity index (χ4n) is 3.79. The van der Waals surface area contributed by atoms with Crippen LogP contribution in [0.2, 0.25) is 0 Å². The van der Waals surface area contributed by atoms with E-state index in [1.807, 2.05) is 31.2 Å². The number of carbonyl (C=O) groups is 2. The quantitative estimate of drug-likeness (QED) is 0.216. The Kier molecular flexibility index (Phi) is 9.73. The first-order valence-corrected chi connectivity index (χ1v) is 11.5. The van der Waals surface area contributed by atoms with E-state index < -0.39 is 12.1 Å². The van der Waals surface area contributed by atoms with Crippen LogP contribution in [0.3, 0.4) is 0 Å². The third-order valence-corrected chi connectivity index (χ3v) is 7.48. The molecular weight excluding hydrogens is 451 g/mol. The number of allylic oxidation sites excluding steroid dienone is 4. The van der Waals surface area contributed by atoms with Gasteiger partial charge in [-0.1, -0.05) is 0 Å². The first-order chi connectivity index (χ1) is 13.8. The number of aliphatic hydroxyl groups excluding tert-OH is 1. The molecule has 4 nitrogen and oxygen atoms in total. The first kappa shape index (κ1) is 24.0. The molecule has 29 heavy (non-hydrogen) atoms. The number of hydrogen-bond donors (Lipinski definition) is 2. The van der Waals surface area contributed by atoms with E-state index in [0.29, 0.717) is 32.1 Å². The molecule has 2 N–H and O–H groups in total. The number of halogens is 1. The van der Waals surface area contributed by atoms with E-state index in [9.17, 15) is 14.7 Å². The van der Waals surface area contributed by atoms with Crippen LogP contribution >= 0.6 is 27.3 Å². The van der Waals surface area contributed by atoms with Crippen LogP contribution in [0.5, 0.6) is 0 Å². The molecule has 4 atom stereocenters. The Morgan fingerprint density at radius 3 is 2.76 bits per heavy atom. The molecule has 1 saturated carbocycles. The summed E-state index contributed by atoms with van der Waals surface area (Å²) in [5.41, 5.74) is 0. The van der Waals surface area contributed by atoms with Gasteiger partial charge in [-0.25, -0.2) is 0 Å². The molecule has 1 aromatic rings. The van der Waals surface area contributed by atoms with E-state index in [1.165, 1.54) is 0 Å². The monoisotopic (exact) mass is 477 g/mol. The average Bonchev–Trinajstić information content (AvgIpc) is 3.14. The summed E-state index contributed by atoms with van der Waals surface area (Å²) in [6.07, 6.45) is 10.2. The molecule has 0 aromatic carbocycles. The number of thiophene rings is 1. The van der Waals surface area contributed by atoms with E-state index in [2.05, 4.69) is 15.9 Å². The van der Waals surface area contributed by atoms with Crippen molar-refractivity contribution in [2.24, 2.45) is 17.8 Å². The number of hydrogen-bond acceptors (Lipinski definition) is 4. The van der Waals surface area contributed by atoms with Crippen LogP contribution < -0.4 is 0 Å². The van der Waals surface area contributed by atoms with Gasteiger partial charge in [-0.05, 0) is 0 Å². The van der Waals surface area contributed by atoms with Gasteiger partial charge in [0.2, 0.25) is 0 Å². The average molecular weight is 478 g/mol. The van der Waals surface area contributed by atoms with Crippen molar-refractivity contribution in [1.29, 1.82) is 0 Å². The zero-order valence-corrected chi connectivity index (χ0v) is 19.0. The summed E-state index contributed by atoms with van der Waals surface area (Å²) >= 11 is 5.09. The van der Waals surface area contributed by atoms with E-state index >= 15 is 0 Å². The van der Waals surface area contributed by atoms with Gasteiger partial charge in [0.25, 0.3) is 0 Å². The molecule has 2 rings (SSSR count). The van der Waals surface area contributed by atoms with E-state index in [1.54, 1.807) is 23.4 Å². The topological polar surface area (TPSA) is 74.6 Å². The molecule has 0 bridgehead atoms. The molecular formula is C22H27BBrO4S. The molecule has 7 heteroatoms. The molecule has 0 saturated heterocycles. The summed E-state index contributed by atoms with van der Waals surface area (Å²) in [6.45, 7) is 2.01. The second-order valence-electron chi connectivity index (χ2n) is 7.51. The molecule has 1 unspecified atom stereocenters. The van der Waals surface area contributed by atoms with Crippen LogP contribution in [0.4, 0.5) is 0 Å². The molecule has 1 heterocycles. The number of aliphatic hydroxyl groups is 1. The predicted octanol–water partition coefficient (Wildman–Crippen LogP) is 4.27. The van der Waals surface area contributed by atoms with Crippen molar-refractivity contribution in [2.75, 3.05) is 0 Å². The Hall–Kier alpha value is -1.31. The summed E-state index contributed by atoms with van der Waals surface area (Å²) in [7, 11) is 5.79. The second-order valence-corrected chi connectivity index (χ2v) is 9.71. The molecule has 1 aliphatic carbocycles. The second kappa shape index (κ2) is 11.8. The zero-order chi connectivity index (χ0) is 21.4. The van der Waals surface area contributed by atoms with Gasteiger partial charge in [-0.3, -0.25) is 0 Å². The van der Waals surface area contributed by atoms with Gasteiger partial charge in [0.15, 0.2) is 0 Å². The van der Waals surface area contributed by atoms with Crippen LogP contribution in [0.1, 0.15) is 41.9 Å². The van der Waals surface area contributed by atoms with Gasteiger partial charge < -0.3 is 0 Å². The van der Waals surface area contributed by atoms with Gasteiger partial charge >= 0.3 is 186 Å². The molecule has 1 aliphatic rings. The third-order valence-electron chi connectivity index (χ3n) is 5.34.